The van der Waals surface area contributed by atoms with Gasteiger partial charge in [-0.1, -0.05) is 12.1 Å². The largest absolute Gasteiger partial charge is 0.487 e. The van der Waals surface area contributed by atoms with Crippen molar-refractivity contribution in [3.63, 3.8) is 0 Å². The molecule has 4 rings (SSSR count). The van der Waals surface area contributed by atoms with Crippen LogP contribution in [0.2, 0.25) is 0 Å². The molecule has 1 atom stereocenters. The molecule has 118 valence electrons. The topological polar surface area (TPSA) is 64.1 Å². The summed E-state index contributed by atoms with van der Waals surface area (Å²) in [5, 5.41) is 2.99. The fraction of sp³-hybridized carbons (Fsp3) is 0.389. The van der Waals surface area contributed by atoms with Crippen LogP contribution in [0.3, 0.4) is 0 Å². The minimum absolute atomic E-state index is 0.0157. The number of para-hydroxylation sites is 1. The van der Waals surface area contributed by atoms with Crippen LogP contribution >= 0.6 is 0 Å². The van der Waals surface area contributed by atoms with Crippen molar-refractivity contribution >= 4 is 5.91 Å². The number of amides is 1. The van der Waals surface area contributed by atoms with Gasteiger partial charge in [0.15, 0.2) is 5.82 Å². The highest BCUT2D eigenvalue weighted by molar-refractivity contribution is 5.76. The summed E-state index contributed by atoms with van der Waals surface area (Å²) in [6.45, 7) is 0.551. The molecule has 1 fully saturated rings. The Morgan fingerprint density at radius 2 is 2.04 bits per heavy atom. The van der Waals surface area contributed by atoms with Crippen molar-refractivity contribution in [2.75, 3.05) is 6.54 Å². The fourth-order valence-electron chi connectivity index (χ4n) is 2.95. The van der Waals surface area contributed by atoms with E-state index < -0.39 is 0 Å². The molecule has 1 aromatic carbocycles. The van der Waals surface area contributed by atoms with Crippen molar-refractivity contribution in [1.82, 2.24) is 15.3 Å². The minimum Gasteiger partial charge on any atom is -0.487 e. The Labute approximate surface area is 135 Å². The van der Waals surface area contributed by atoms with Crippen LogP contribution in [0.5, 0.6) is 5.75 Å². The van der Waals surface area contributed by atoms with E-state index in [9.17, 15) is 4.79 Å². The van der Waals surface area contributed by atoms with Gasteiger partial charge in [0.2, 0.25) is 5.91 Å². The maximum absolute atomic E-state index is 11.8. The molecule has 5 nitrogen and oxygen atoms in total. The fourth-order valence-corrected chi connectivity index (χ4v) is 2.95. The highest BCUT2D eigenvalue weighted by Gasteiger charge is 2.28. The lowest BCUT2D eigenvalue weighted by Crippen LogP contribution is -2.34. The van der Waals surface area contributed by atoms with Gasteiger partial charge in [0.25, 0.3) is 0 Å². The average molecular weight is 309 g/mol. The highest BCUT2D eigenvalue weighted by Crippen LogP contribution is 2.37. The van der Waals surface area contributed by atoms with Crippen LogP contribution in [0.4, 0.5) is 0 Å². The normalized spacial score (nSPS) is 19.0. The minimum atomic E-state index is -0.0157. The number of fused-ring (bicyclic) bond motifs is 1. The molecule has 23 heavy (non-hydrogen) atoms. The smallest absolute Gasteiger partial charge is 0.220 e. The summed E-state index contributed by atoms with van der Waals surface area (Å²) in [5.41, 5.74) is 2.06. The summed E-state index contributed by atoms with van der Waals surface area (Å²) >= 11 is 0. The molecular formula is C18H19N3O2. The first-order valence-corrected chi connectivity index (χ1v) is 8.12. The van der Waals surface area contributed by atoms with Gasteiger partial charge in [-0.05, 0) is 36.5 Å². The van der Waals surface area contributed by atoms with Crippen LogP contribution in [0.1, 0.15) is 24.8 Å². The molecule has 1 N–H and O–H groups in total. The van der Waals surface area contributed by atoms with Crippen molar-refractivity contribution < 1.29 is 9.53 Å². The summed E-state index contributed by atoms with van der Waals surface area (Å²) < 4.78 is 6.07. The number of nitrogens with zero attached hydrogens (tertiary/aromatic N) is 2. The Morgan fingerprint density at radius 3 is 2.83 bits per heavy atom. The highest BCUT2D eigenvalue weighted by atomic mass is 16.5. The zero-order valence-electron chi connectivity index (χ0n) is 12.9. The van der Waals surface area contributed by atoms with Gasteiger partial charge in [-0.25, -0.2) is 9.97 Å². The Bertz CT molecular complexity index is 713. The molecule has 2 heterocycles. The van der Waals surface area contributed by atoms with Gasteiger partial charge in [0.1, 0.15) is 11.9 Å². The zero-order chi connectivity index (χ0) is 15.6. The number of nitrogens with one attached hydrogen (secondary N) is 1. The van der Waals surface area contributed by atoms with Crippen molar-refractivity contribution in [3.05, 3.63) is 42.2 Å². The SMILES string of the molecule is O=C(CC1CC1)NCC1Cc2cccc(-c3ncccn3)c2O1. The van der Waals surface area contributed by atoms with Gasteiger partial charge in [-0.2, -0.15) is 0 Å². The third-order valence-corrected chi connectivity index (χ3v) is 4.33. The molecule has 0 radical (unpaired) electrons. The molecule has 1 amide bonds. The number of aromatic nitrogens is 2. The first-order valence-electron chi connectivity index (χ1n) is 8.12. The summed E-state index contributed by atoms with van der Waals surface area (Å²) in [6.07, 6.45) is 7.29. The zero-order valence-corrected chi connectivity index (χ0v) is 12.9. The van der Waals surface area contributed by atoms with E-state index in [0.29, 0.717) is 24.7 Å². The van der Waals surface area contributed by atoms with Crippen LogP contribution in [-0.4, -0.2) is 28.5 Å². The molecule has 2 aliphatic rings. The van der Waals surface area contributed by atoms with E-state index in [0.717, 1.165) is 23.3 Å². The van der Waals surface area contributed by atoms with E-state index in [1.807, 2.05) is 12.1 Å². The number of hydrogen-bond acceptors (Lipinski definition) is 4. The van der Waals surface area contributed by atoms with E-state index >= 15 is 0 Å². The van der Waals surface area contributed by atoms with Crippen molar-refractivity contribution in [1.29, 1.82) is 0 Å². The number of benzene rings is 1. The Hall–Kier alpha value is -2.43. The van der Waals surface area contributed by atoms with E-state index in [1.54, 1.807) is 18.5 Å². The molecule has 1 unspecified atom stereocenters. The Kier molecular flexibility index (Phi) is 3.69. The van der Waals surface area contributed by atoms with Crippen LogP contribution in [-0.2, 0) is 11.2 Å². The molecule has 0 bridgehead atoms. The van der Waals surface area contributed by atoms with Crippen LogP contribution in [0, 0.1) is 5.92 Å². The molecule has 5 heteroatoms. The van der Waals surface area contributed by atoms with Crippen molar-refractivity contribution in [2.45, 2.75) is 31.8 Å². The third-order valence-electron chi connectivity index (χ3n) is 4.33. The summed E-state index contributed by atoms with van der Waals surface area (Å²) in [5.74, 6) is 2.26. The lowest BCUT2D eigenvalue weighted by Gasteiger charge is -2.13. The van der Waals surface area contributed by atoms with E-state index in [2.05, 4.69) is 21.4 Å². The van der Waals surface area contributed by atoms with Gasteiger partial charge >= 0.3 is 0 Å². The molecule has 0 spiro atoms. The second kappa shape index (κ2) is 5.99. The molecular weight excluding hydrogens is 290 g/mol. The van der Waals surface area contributed by atoms with E-state index in [4.69, 9.17) is 4.74 Å². The van der Waals surface area contributed by atoms with Gasteiger partial charge in [-0.15, -0.1) is 0 Å². The second-order valence-corrected chi connectivity index (χ2v) is 6.26. The lowest BCUT2D eigenvalue weighted by atomic mass is 10.1. The Morgan fingerprint density at radius 1 is 1.22 bits per heavy atom. The van der Waals surface area contributed by atoms with E-state index in [1.165, 1.54) is 12.8 Å². The number of ether oxygens (including phenoxy) is 1. The lowest BCUT2D eigenvalue weighted by molar-refractivity contribution is -0.121. The van der Waals surface area contributed by atoms with Crippen molar-refractivity contribution in [2.24, 2.45) is 5.92 Å². The first-order chi connectivity index (χ1) is 11.3. The predicted octanol–water partition coefficient (Wildman–Crippen LogP) is 2.36. The van der Waals surface area contributed by atoms with Gasteiger partial charge in [0.05, 0.1) is 12.1 Å². The van der Waals surface area contributed by atoms with Crippen molar-refractivity contribution in [3.8, 4) is 17.1 Å². The summed E-state index contributed by atoms with van der Waals surface area (Å²) in [7, 11) is 0. The number of carbonyl (C=O) groups is 1. The predicted molar refractivity (Wildman–Crippen MR) is 85.9 cm³/mol. The molecule has 1 saturated carbocycles. The molecule has 2 aromatic rings. The quantitative estimate of drug-likeness (QED) is 0.921. The monoisotopic (exact) mass is 309 g/mol. The third kappa shape index (κ3) is 3.18. The molecule has 1 aliphatic heterocycles. The second-order valence-electron chi connectivity index (χ2n) is 6.26. The van der Waals surface area contributed by atoms with Crippen LogP contribution in [0.25, 0.3) is 11.4 Å². The number of hydrogen-bond donors (Lipinski definition) is 1. The molecule has 1 aromatic heterocycles. The van der Waals surface area contributed by atoms with E-state index in [-0.39, 0.29) is 12.0 Å². The van der Waals surface area contributed by atoms with Crippen LogP contribution < -0.4 is 10.1 Å². The standard InChI is InChI=1S/C18H19N3O2/c22-16(9-12-5-6-12)21-11-14-10-13-3-1-4-15(17(13)23-14)18-19-7-2-8-20-18/h1-4,7-8,12,14H,5-6,9-11H2,(H,21,22). The number of rotatable bonds is 5. The molecule has 0 saturated heterocycles. The van der Waals surface area contributed by atoms with Gasteiger partial charge < -0.3 is 10.1 Å². The maximum atomic E-state index is 11.8. The van der Waals surface area contributed by atoms with Gasteiger partial charge in [-0.3, -0.25) is 4.79 Å². The average Bonchev–Trinajstić information content (AvgIpc) is 3.28. The molecule has 1 aliphatic carbocycles. The maximum Gasteiger partial charge on any atom is 0.220 e. The Balaban J connectivity index is 1.44. The van der Waals surface area contributed by atoms with Gasteiger partial charge in [0, 0.05) is 25.2 Å². The number of carbonyl (C=O) groups excluding carboxylic acids is 1. The first kappa shape index (κ1) is 14.2. The summed E-state index contributed by atoms with van der Waals surface area (Å²) in [6, 6.07) is 7.84. The van der Waals surface area contributed by atoms with Crippen LogP contribution in [0.15, 0.2) is 36.7 Å². The summed E-state index contributed by atoms with van der Waals surface area (Å²) in [4.78, 5) is 20.4.